The molecule has 6 unspecified atom stereocenters. The number of aryl methyl sites for hydroxylation is 1. The second-order valence-electron chi connectivity index (χ2n) is 11.4. The molecule has 34 heavy (non-hydrogen) atoms. The van der Waals surface area contributed by atoms with Gasteiger partial charge in [-0.15, -0.1) is 0 Å². The maximum Gasteiger partial charge on any atom is 0.220 e. The van der Waals surface area contributed by atoms with Gasteiger partial charge in [0, 0.05) is 29.4 Å². The number of carbonyl (C=O) groups excluding carboxylic acids is 1. The van der Waals surface area contributed by atoms with Crippen molar-refractivity contribution in [3.05, 3.63) is 29.3 Å². The molecule has 0 bridgehead atoms. The third-order valence-corrected chi connectivity index (χ3v) is 12.7. The standard InChI is InChI=1S/C28H41NO3S2/c1-27-14-11-23-22-10-8-20(32-2)17-19(22)7-9-24(23)25(27)12-15-28(27,31)18-29-26(30)6-4-3-5-21-13-16-33-34-21/h8,10,17,21,23-25,31H,3-7,9,11-16,18H2,1-2H3,(H,29,30). The summed E-state index contributed by atoms with van der Waals surface area (Å²) in [4.78, 5) is 12.6. The molecule has 4 aliphatic rings. The van der Waals surface area contributed by atoms with Gasteiger partial charge >= 0.3 is 0 Å². The molecule has 6 heteroatoms. The van der Waals surface area contributed by atoms with Gasteiger partial charge in [-0.2, -0.15) is 0 Å². The molecule has 1 aliphatic heterocycles. The Morgan fingerprint density at radius 3 is 2.88 bits per heavy atom. The Morgan fingerprint density at radius 2 is 2.09 bits per heavy atom. The van der Waals surface area contributed by atoms with E-state index in [1.165, 1.54) is 36.1 Å². The second-order valence-corrected chi connectivity index (χ2v) is 14.1. The molecule has 4 nitrogen and oxygen atoms in total. The lowest BCUT2D eigenvalue weighted by Gasteiger charge is -2.53. The van der Waals surface area contributed by atoms with Crippen LogP contribution in [0.25, 0.3) is 0 Å². The molecule has 1 saturated heterocycles. The van der Waals surface area contributed by atoms with E-state index in [-0.39, 0.29) is 11.3 Å². The van der Waals surface area contributed by atoms with E-state index >= 15 is 0 Å². The number of hydrogen-bond acceptors (Lipinski definition) is 5. The maximum absolute atomic E-state index is 12.6. The first-order chi connectivity index (χ1) is 16.4. The summed E-state index contributed by atoms with van der Waals surface area (Å²) in [7, 11) is 5.75. The highest BCUT2D eigenvalue weighted by molar-refractivity contribution is 8.77. The molecule has 1 aromatic rings. The van der Waals surface area contributed by atoms with Crippen LogP contribution in [0.1, 0.15) is 88.2 Å². The zero-order valence-corrected chi connectivity index (χ0v) is 22.4. The molecular weight excluding hydrogens is 462 g/mol. The summed E-state index contributed by atoms with van der Waals surface area (Å²) in [6.07, 6.45) is 11.6. The Hall–Kier alpha value is -0.850. The van der Waals surface area contributed by atoms with Crippen molar-refractivity contribution in [1.82, 2.24) is 5.32 Å². The van der Waals surface area contributed by atoms with Crippen molar-refractivity contribution in [2.24, 2.45) is 17.3 Å². The van der Waals surface area contributed by atoms with E-state index in [4.69, 9.17) is 4.74 Å². The van der Waals surface area contributed by atoms with E-state index in [1.54, 1.807) is 7.11 Å². The number of hydrogen-bond donors (Lipinski definition) is 2. The van der Waals surface area contributed by atoms with Gasteiger partial charge in [0.2, 0.25) is 5.91 Å². The minimum absolute atomic E-state index is 0.108. The van der Waals surface area contributed by atoms with Crippen LogP contribution in [0.2, 0.25) is 0 Å². The lowest BCUT2D eigenvalue weighted by atomic mass is 9.53. The molecule has 3 aliphatic carbocycles. The average Bonchev–Trinajstić information content (AvgIpc) is 3.46. The summed E-state index contributed by atoms with van der Waals surface area (Å²) in [5.41, 5.74) is 2.08. The summed E-state index contributed by atoms with van der Waals surface area (Å²) < 4.78 is 5.46. The van der Waals surface area contributed by atoms with Gasteiger partial charge in [0.05, 0.1) is 12.7 Å². The highest BCUT2D eigenvalue weighted by Gasteiger charge is 2.61. The monoisotopic (exact) mass is 503 g/mol. The predicted octanol–water partition coefficient (Wildman–Crippen LogP) is 6.11. The van der Waals surface area contributed by atoms with Crippen LogP contribution in [0.4, 0.5) is 0 Å². The molecule has 0 radical (unpaired) electrons. The summed E-state index contributed by atoms with van der Waals surface area (Å²) in [6, 6.07) is 6.63. The molecule has 6 atom stereocenters. The Balaban J connectivity index is 1.17. The van der Waals surface area contributed by atoms with Gasteiger partial charge in [-0.3, -0.25) is 4.79 Å². The molecular formula is C28H41NO3S2. The fraction of sp³-hybridized carbons (Fsp3) is 0.750. The van der Waals surface area contributed by atoms with Gasteiger partial charge in [-0.05, 0) is 98.8 Å². The largest absolute Gasteiger partial charge is 0.497 e. The maximum atomic E-state index is 12.6. The van der Waals surface area contributed by atoms with Crippen molar-refractivity contribution in [3.63, 3.8) is 0 Å². The minimum Gasteiger partial charge on any atom is -0.497 e. The molecule has 5 rings (SSSR count). The van der Waals surface area contributed by atoms with Crippen LogP contribution in [0, 0.1) is 17.3 Å². The quantitative estimate of drug-likeness (QED) is 0.331. The number of aliphatic hydroxyl groups is 1. The number of rotatable bonds is 8. The number of nitrogens with one attached hydrogen (secondary N) is 1. The number of fused-ring (bicyclic) bond motifs is 5. The highest BCUT2D eigenvalue weighted by Crippen LogP contribution is 2.64. The van der Waals surface area contributed by atoms with Gasteiger partial charge < -0.3 is 15.2 Å². The smallest absolute Gasteiger partial charge is 0.220 e. The van der Waals surface area contributed by atoms with E-state index in [0.29, 0.717) is 30.7 Å². The SMILES string of the molecule is COc1ccc2c(c1)CCC1C2CCC2(C)C1CCC2(O)CNC(=O)CCCCC1CCSS1. The Labute approximate surface area is 213 Å². The van der Waals surface area contributed by atoms with Crippen LogP contribution in [0.5, 0.6) is 5.75 Å². The Kier molecular flexibility index (Phi) is 7.49. The van der Waals surface area contributed by atoms with Crippen molar-refractivity contribution >= 4 is 27.5 Å². The molecule has 2 N–H and O–H groups in total. The van der Waals surface area contributed by atoms with Crippen LogP contribution >= 0.6 is 21.6 Å². The van der Waals surface area contributed by atoms with Gasteiger partial charge in [0.15, 0.2) is 0 Å². The van der Waals surface area contributed by atoms with Gasteiger partial charge in [0.25, 0.3) is 0 Å². The Morgan fingerprint density at radius 1 is 1.21 bits per heavy atom. The minimum atomic E-state index is -0.782. The zero-order chi connectivity index (χ0) is 23.8. The van der Waals surface area contributed by atoms with E-state index < -0.39 is 5.60 Å². The molecule has 0 spiro atoms. The van der Waals surface area contributed by atoms with E-state index in [0.717, 1.165) is 55.9 Å². The molecule has 3 fully saturated rings. The van der Waals surface area contributed by atoms with Crippen LogP contribution in [0.3, 0.4) is 0 Å². The molecule has 1 amide bonds. The molecule has 0 aromatic heterocycles. The fourth-order valence-electron chi connectivity index (χ4n) is 7.64. The summed E-state index contributed by atoms with van der Waals surface area (Å²) in [5.74, 6) is 4.11. The third kappa shape index (κ3) is 4.64. The number of amides is 1. The van der Waals surface area contributed by atoms with Gasteiger partial charge in [-0.1, -0.05) is 41.0 Å². The third-order valence-electron chi connectivity index (χ3n) is 9.74. The van der Waals surface area contributed by atoms with Crippen LogP contribution in [-0.2, 0) is 11.2 Å². The van der Waals surface area contributed by atoms with Crippen molar-refractivity contribution in [2.45, 2.75) is 94.3 Å². The second kappa shape index (κ2) is 10.3. The Bertz CT molecular complexity index is 888. The van der Waals surface area contributed by atoms with E-state index in [2.05, 4.69) is 30.4 Å². The zero-order valence-electron chi connectivity index (χ0n) is 20.8. The van der Waals surface area contributed by atoms with E-state index in [9.17, 15) is 9.90 Å². The normalized spacial score (nSPS) is 36.4. The number of benzene rings is 1. The molecule has 1 heterocycles. The summed E-state index contributed by atoms with van der Waals surface area (Å²) in [6.45, 7) is 2.73. The first kappa shape index (κ1) is 24.8. The number of ether oxygens (including phenoxy) is 1. The number of unbranched alkanes of at least 4 members (excludes halogenated alkanes) is 1. The van der Waals surface area contributed by atoms with Gasteiger partial charge in [0.1, 0.15) is 5.75 Å². The van der Waals surface area contributed by atoms with Crippen LogP contribution < -0.4 is 10.1 Å². The topological polar surface area (TPSA) is 58.6 Å². The van der Waals surface area contributed by atoms with Crippen LogP contribution in [0.15, 0.2) is 18.2 Å². The lowest BCUT2D eigenvalue weighted by molar-refractivity contribution is -0.127. The molecule has 2 saturated carbocycles. The predicted molar refractivity (Wildman–Crippen MR) is 142 cm³/mol. The van der Waals surface area contributed by atoms with Crippen LogP contribution in [-0.4, -0.2) is 41.3 Å². The summed E-state index contributed by atoms with van der Waals surface area (Å²) in [5, 5.41) is 15.8. The van der Waals surface area contributed by atoms with Gasteiger partial charge in [-0.25, -0.2) is 0 Å². The molecule has 1 aromatic carbocycles. The van der Waals surface area contributed by atoms with E-state index in [1.807, 2.05) is 21.6 Å². The molecule has 188 valence electrons. The fourth-order valence-corrected chi connectivity index (χ4v) is 10.7. The summed E-state index contributed by atoms with van der Waals surface area (Å²) >= 11 is 0. The first-order valence-corrected chi connectivity index (χ1v) is 15.8. The van der Waals surface area contributed by atoms with Crippen molar-refractivity contribution in [3.8, 4) is 5.75 Å². The highest BCUT2D eigenvalue weighted by atomic mass is 33.1. The first-order valence-electron chi connectivity index (χ1n) is 13.4. The lowest BCUT2D eigenvalue weighted by Crippen LogP contribution is -2.55. The van der Waals surface area contributed by atoms with Crippen molar-refractivity contribution in [1.29, 1.82) is 0 Å². The van der Waals surface area contributed by atoms with Crippen molar-refractivity contribution in [2.75, 3.05) is 19.4 Å². The number of methoxy groups -OCH3 is 1. The number of carbonyl (C=O) groups is 1. The average molecular weight is 504 g/mol. The van der Waals surface area contributed by atoms with Crippen molar-refractivity contribution < 1.29 is 14.6 Å².